The molecule has 2 aromatic heterocycles. The lowest BCUT2D eigenvalue weighted by Gasteiger charge is -2.27. The van der Waals surface area contributed by atoms with Crippen LogP contribution in [0.5, 0.6) is 5.88 Å². The van der Waals surface area contributed by atoms with Crippen molar-refractivity contribution in [2.24, 2.45) is 0 Å². The molecule has 0 fully saturated rings. The number of aryl methyl sites for hydroxylation is 1. The molecular weight excluding hydrogens is 340 g/mol. The van der Waals surface area contributed by atoms with Crippen LogP contribution in [0.3, 0.4) is 0 Å². The first-order valence-electron chi connectivity index (χ1n) is 9.14. The third-order valence-electron chi connectivity index (χ3n) is 5.05. The molecule has 0 unspecified atom stereocenters. The van der Waals surface area contributed by atoms with E-state index >= 15 is 0 Å². The molecule has 4 rings (SSSR count). The van der Waals surface area contributed by atoms with Crippen LogP contribution in [0.25, 0.3) is 11.1 Å². The molecule has 0 atom stereocenters. The highest BCUT2D eigenvalue weighted by atomic mass is 16.5. The van der Waals surface area contributed by atoms with Gasteiger partial charge in [-0.25, -0.2) is 4.98 Å². The third kappa shape index (κ3) is 3.30. The quantitative estimate of drug-likeness (QED) is 0.773. The van der Waals surface area contributed by atoms with Gasteiger partial charge in [0.1, 0.15) is 0 Å². The highest BCUT2D eigenvalue weighted by Gasteiger charge is 2.25. The molecule has 0 aliphatic carbocycles. The van der Waals surface area contributed by atoms with Crippen molar-refractivity contribution >= 4 is 5.91 Å². The minimum atomic E-state index is 0.0586. The van der Waals surface area contributed by atoms with E-state index in [1.54, 1.807) is 13.3 Å². The summed E-state index contributed by atoms with van der Waals surface area (Å²) in [7, 11) is 1.60. The van der Waals surface area contributed by atoms with E-state index in [-0.39, 0.29) is 5.91 Å². The Morgan fingerprint density at radius 2 is 1.96 bits per heavy atom. The van der Waals surface area contributed by atoms with Gasteiger partial charge in [0, 0.05) is 54.2 Å². The number of aromatic amines is 1. The molecule has 1 N–H and O–H groups in total. The predicted octanol–water partition coefficient (Wildman–Crippen LogP) is 3.24. The number of methoxy groups -OCH3 is 1. The second-order valence-corrected chi connectivity index (χ2v) is 6.62. The number of hydrogen-bond acceptors (Lipinski definition) is 4. The minimum Gasteiger partial charge on any atom is -0.481 e. The van der Waals surface area contributed by atoms with Crippen LogP contribution in [-0.4, -0.2) is 39.6 Å². The Morgan fingerprint density at radius 3 is 2.63 bits per heavy atom. The van der Waals surface area contributed by atoms with Gasteiger partial charge in [-0.1, -0.05) is 19.1 Å². The van der Waals surface area contributed by atoms with E-state index in [4.69, 9.17) is 4.74 Å². The molecule has 3 heterocycles. The van der Waals surface area contributed by atoms with Crippen molar-refractivity contribution < 1.29 is 9.53 Å². The number of carbonyl (C=O) groups excluding carboxylic acids is 1. The molecule has 138 valence electrons. The van der Waals surface area contributed by atoms with Crippen LogP contribution in [0.4, 0.5) is 0 Å². The minimum absolute atomic E-state index is 0.0586. The number of H-pyrrole nitrogens is 1. The van der Waals surface area contributed by atoms with E-state index in [1.807, 2.05) is 41.3 Å². The number of fused-ring (bicyclic) bond motifs is 1. The average Bonchev–Trinajstić information content (AvgIpc) is 3.16. The molecule has 6 heteroatoms. The van der Waals surface area contributed by atoms with Gasteiger partial charge in [0.05, 0.1) is 12.8 Å². The lowest BCUT2D eigenvalue weighted by molar-refractivity contribution is 0.0734. The van der Waals surface area contributed by atoms with Crippen molar-refractivity contribution in [3.63, 3.8) is 0 Å². The van der Waals surface area contributed by atoms with Crippen molar-refractivity contribution in [3.8, 4) is 17.0 Å². The molecule has 0 saturated heterocycles. The molecule has 0 bridgehead atoms. The van der Waals surface area contributed by atoms with E-state index in [9.17, 15) is 4.79 Å². The average molecular weight is 362 g/mol. The first-order valence-corrected chi connectivity index (χ1v) is 9.14. The van der Waals surface area contributed by atoms with E-state index in [0.717, 1.165) is 29.7 Å². The number of amides is 1. The van der Waals surface area contributed by atoms with Gasteiger partial charge in [0.25, 0.3) is 5.91 Å². The van der Waals surface area contributed by atoms with Crippen molar-refractivity contribution in [2.75, 3.05) is 13.7 Å². The van der Waals surface area contributed by atoms with Crippen LogP contribution in [-0.2, 0) is 19.4 Å². The summed E-state index contributed by atoms with van der Waals surface area (Å²) < 4.78 is 5.09. The zero-order valence-electron chi connectivity index (χ0n) is 15.5. The molecule has 6 nitrogen and oxygen atoms in total. The summed E-state index contributed by atoms with van der Waals surface area (Å²) in [6, 6.07) is 11.5. The van der Waals surface area contributed by atoms with E-state index in [0.29, 0.717) is 24.5 Å². The topological polar surface area (TPSA) is 71.1 Å². The summed E-state index contributed by atoms with van der Waals surface area (Å²) in [5, 5.41) is 7.47. The Labute approximate surface area is 158 Å². The van der Waals surface area contributed by atoms with Crippen LogP contribution in [0.2, 0.25) is 0 Å². The van der Waals surface area contributed by atoms with Gasteiger partial charge < -0.3 is 9.64 Å². The smallest absolute Gasteiger partial charge is 0.254 e. The largest absolute Gasteiger partial charge is 0.481 e. The van der Waals surface area contributed by atoms with Gasteiger partial charge in [-0.2, -0.15) is 5.10 Å². The van der Waals surface area contributed by atoms with Crippen LogP contribution < -0.4 is 4.74 Å². The normalized spacial score (nSPS) is 13.3. The lowest BCUT2D eigenvalue weighted by Crippen LogP contribution is -2.36. The number of rotatable bonds is 4. The maximum atomic E-state index is 12.9. The van der Waals surface area contributed by atoms with E-state index in [1.165, 1.54) is 11.3 Å². The molecule has 1 aliphatic rings. The Bertz CT molecular complexity index is 932. The molecule has 3 aromatic rings. The van der Waals surface area contributed by atoms with Crippen molar-refractivity contribution in [1.82, 2.24) is 20.1 Å². The summed E-state index contributed by atoms with van der Waals surface area (Å²) >= 11 is 0. The first kappa shape index (κ1) is 17.3. The summed E-state index contributed by atoms with van der Waals surface area (Å²) in [4.78, 5) is 19.1. The Kier molecular flexibility index (Phi) is 4.62. The fraction of sp³-hybridized carbons (Fsp3) is 0.286. The second kappa shape index (κ2) is 7.23. The number of aromatic nitrogens is 3. The molecular formula is C21H22N4O2. The van der Waals surface area contributed by atoms with Crippen LogP contribution in [0, 0.1) is 0 Å². The maximum absolute atomic E-state index is 12.9. The molecule has 1 aliphatic heterocycles. The molecule has 0 radical (unpaired) electrons. The Hall–Kier alpha value is -3.15. The van der Waals surface area contributed by atoms with Crippen LogP contribution in [0.1, 0.15) is 34.2 Å². The standard InChI is InChI=1S/C21H22N4O2/c1-3-18-17-13-25(11-10-19(17)24-23-18)21(26)15-6-4-14(5-7-15)16-8-9-20(27-2)22-12-16/h4-9,12H,3,10-11,13H2,1-2H3,(H,23,24). The van der Waals surface area contributed by atoms with Gasteiger partial charge >= 0.3 is 0 Å². The predicted molar refractivity (Wildman–Crippen MR) is 103 cm³/mol. The highest BCUT2D eigenvalue weighted by molar-refractivity contribution is 5.94. The van der Waals surface area contributed by atoms with Crippen molar-refractivity contribution in [3.05, 3.63) is 65.1 Å². The molecule has 1 aromatic carbocycles. The SMILES string of the molecule is CCc1n[nH]c2c1CN(C(=O)c1ccc(-c3ccc(OC)nc3)cc1)CC2. The summed E-state index contributed by atoms with van der Waals surface area (Å²) in [5.41, 5.74) is 6.11. The number of hydrogen-bond donors (Lipinski definition) is 1. The summed E-state index contributed by atoms with van der Waals surface area (Å²) in [6.07, 6.45) is 3.47. The van der Waals surface area contributed by atoms with Gasteiger partial charge in [0.15, 0.2) is 0 Å². The molecule has 27 heavy (non-hydrogen) atoms. The maximum Gasteiger partial charge on any atom is 0.254 e. The van der Waals surface area contributed by atoms with Gasteiger partial charge in [-0.15, -0.1) is 0 Å². The number of pyridine rings is 1. The highest BCUT2D eigenvalue weighted by Crippen LogP contribution is 2.24. The monoisotopic (exact) mass is 362 g/mol. The molecule has 0 spiro atoms. The van der Waals surface area contributed by atoms with E-state index in [2.05, 4.69) is 22.1 Å². The van der Waals surface area contributed by atoms with Gasteiger partial charge in [-0.3, -0.25) is 9.89 Å². The fourth-order valence-corrected chi connectivity index (χ4v) is 3.48. The number of nitrogens with zero attached hydrogens (tertiary/aromatic N) is 3. The summed E-state index contributed by atoms with van der Waals surface area (Å²) in [6.45, 7) is 3.42. The number of benzene rings is 1. The van der Waals surface area contributed by atoms with Crippen LogP contribution >= 0.6 is 0 Å². The Balaban J connectivity index is 1.51. The van der Waals surface area contributed by atoms with Gasteiger partial charge in [-0.05, 0) is 30.2 Å². The van der Waals surface area contributed by atoms with Crippen molar-refractivity contribution in [1.29, 1.82) is 0 Å². The van der Waals surface area contributed by atoms with Crippen LogP contribution in [0.15, 0.2) is 42.6 Å². The summed E-state index contributed by atoms with van der Waals surface area (Å²) in [5.74, 6) is 0.643. The zero-order chi connectivity index (χ0) is 18.8. The first-order chi connectivity index (χ1) is 13.2. The van der Waals surface area contributed by atoms with Crippen molar-refractivity contribution in [2.45, 2.75) is 26.3 Å². The fourth-order valence-electron chi connectivity index (χ4n) is 3.48. The Morgan fingerprint density at radius 1 is 1.19 bits per heavy atom. The zero-order valence-corrected chi connectivity index (χ0v) is 15.5. The van der Waals surface area contributed by atoms with E-state index < -0.39 is 0 Å². The second-order valence-electron chi connectivity index (χ2n) is 6.62. The number of carbonyl (C=O) groups is 1. The third-order valence-corrected chi connectivity index (χ3v) is 5.05. The number of nitrogens with one attached hydrogen (secondary N) is 1. The lowest BCUT2D eigenvalue weighted by atomic mass is 10.0. The van der Waals surface area contributed by atoms with Gasteiger partial charge in [0.2, 0.25) is 5.88 Å². The molecule has 1 amide bonds. The molecule has 0 saturated carbocycles. The number of ether oxygens (including phenoxy) is 1.